The number of para-hydroxylation sites is 1. The molecule has 0 aliphatic carbocycles. The summed E-state index contributed by atoms with van der Waals surface area (Å²) >= 11 is 0. The molecule has 0 atom stereocenters. The summed E-state index contributed by atoms with van der Waals surface area (Å²) in [5, 5.41) is 8.34. The number of hydrogen-bond donors (Lipinski definition) is 3. The van der Waals surface area contributed by atoms with Crippen LogP contribution in [0.1, 0.15) is 11.1 Å². The van der Waals surface area contributed by atoms with Gasteiger partial charge in [0.05, 0.1) is 5.75 Å². The third-order valence-corrected chi connectivity index (χ3v) is 4.24. The van der Waals surface area contributed by atoms with Crippen LogP contribution in [0, 0.1) is 11.8 Å². The predicted molar refractivity (Wildman–Crippen MR) is 95.1 cm³/mol. The molecular weight excluding hydrogens is 340 g/mol. The molecule has 0 saturated carbocycles. The molecule has 7 heteroatoms. The Morgan fingerprint density at radius 3 is 2.60 bits per heavy atom. The lowest BCUT2D eigenvalue weighted by Gasteiger charge is -2.08. The number of carbonyl (C=O) groups excluding carboxylic acids is 1. The molecule has 25 heavy (non-hydrogen) atoms. The van der Waals surface area contributed by atoms with E-state index in [4.69, 9.17) is 5.21 Å². The zero-order chi connectivity index (χ0) is 18.1. The molecule has 0 aromatic heterocycles. The van der Waals surface area contributed by atoms with Gasteiger partial charge >= 0.3 is 0 Å². The number of sulfonamides is 1. The summed E-state index contributed by atoms with van der Waals surface area (Å²) in [5.74, 6) is 4.56. The van der Waals surface area contributed by atoms with E-state index < -0.39 is 15.9 Å². The van der Waals surface area contributed by atoms with Crippen LogP contribution in [-0.2, 0) is 20.6 Å². The van der Waals surface area contributed by atoms with E-state index in [0.29, 0.717) is 16.8 Å². The van der Waals surface area contributed by atoms with Crippen molar-refractivity contribution in [2.24, 2.45) is 0 Å². The second kappa shape index (κ2) is 8.68. The summed E-state index contributed by atoms with van der Waals surface area (Å²) in [4.78, 5) is 10.8. The van der Waals surface area contributed by atoms with E-state index in [9.17, 15) is 13.2 Å². The highest BCUT2D eigenvalue weighted by Gasteiger charge is 2.11. The zero-order valence-corrected chi connectivity index (χ0v) is 14.0. The standard InChI is InChI=1S/C18H16N2O4S/c21-18(19-22)12-5-4-7-15-8-6-9-16(13-15)14-25(23,24)20-17-10-2-1-3-11-17/h1-3,5-6,8-13,20,22H,14H2,(H,19,21)/b12-5+. The molecule has 2 aromatic rings. The molecule has 128 valence electrons. The van der Waals surface area contributed by atoms with Gasteiger partial charge in [-0.2, -0.15) is 0 Å². The highest BCUT2D eigenvalue weighted by molar-refractivity contribution is 7.91. The summed E-state index contributed by atoms with van der Waals surface area (Å²) < 4.78 is 27.0. The van der Waals surface area contributed by atoms with Gasteiger partial charge in [-0.3, -0.25) is 14.7 Å². The highest BCUT2D eigenvalue weighted by atomic mass is 32.2. The van der Waals surface area contributed by atoms with Crippen LogP contribution < -0.4 is 10.2 Å². The van der Waals surface area contributed by atoms with Crippen LogP contribution in [0.5, 0.6) is 0 Å². The van der Waals surface area contributed by atoms with E-state index in [1.807, 2.05) is 0 Å². The van der Waals surface area contributed by atoms with Crippen molar-refractivity contribution in [3.05, 3.63) is 77.9 Å². The summed E-state index contributed by atoms with van der Waals surface area (Å²) in [7, 11) is -3.54. The van der Waals surface area contributed by atoms with Crippen LogP contribution in [0.15, 0.2) is 66.7 Å². The molecule has 2 rings (SSSR count). The maximum atomic E-state index is 12.2. The first-order valence-electron chi connectivity index (χ1n) is 7.25. The van der Waals surface area contributed by atoms with E-state index in [2.05, 4.69) is 16.6 Å². The molecule has 0 aliphatic rings. The first kappa shape index (κ1) is 18.3. The molecule has 0 saturated heterocycles. The lowest BCUT2D eigenvalue weighted by molar-refractivity contribution is -0.124. The SMILES string of the molecule is O=C(/C=C/C#Cc1cccc(CS(=O)(=O)Nc2ccccc2)c1)NO. The molecule has 3 N–H and O–H groups in total. The normalized spacial score (nSPS) is 10.8. The number of rotatable bonds is 5. The first-order valence-corrected chi connectivity index (χ1v) is 8.90. The van der Waals surface area contributed by atoms with E-state index in [1.165, 1.54) is 11.6 Å². The number of amides is 1. The Morgan fingerprint density at radius 2 is 1.88 bits per heavy atom. The average Bonchev–Trinajstić information content (AvgIpc) is 2.59. The minimum absolute atomic E-state index is 0.180. The predicted octanol–water partition coefficient (Wildman–Crippen LogP) is 2.04. The first-order chi connectivity index (χ1) is 12.0. The largest absolute Gasteiger partial charge is 0.288 e. The number of hydroxylamine groups is 1. The third kappa shape index (κ3) is 6.51. The minimum Gasteiger partial charge on any atom is -0.288 e. The number of carbonyl (C=O) groups is 1. The molecule has 0 radical (unpaired) electrons. The lowest BCUT2D eigenvalue weighted by Crippen LogP contribution is -2.15. The second-order valence-electron chi connectivity index (χ2n) is 5.01. The van der Waals surface area contributed by atoms with Crippen molar-refractivity contribution in [2.75, 3.05) is 4.72 Å². The third-order valence-electron chi connectivity index (χ3n) is 2.98. The zero-order valence-electron chi connectivity index (χ0n) is 13.1. The lowest BCUT2D eigenvalue weighted by atomic mass is 10.1. The Balaban J connectivity index is 2.07. The molecule has 0 spiro atoms. The van der Waals surface area contributed by atoms with Crippen LogP contribution in [0.2, 0.25) is 0 Å². The quantitative estimate of drug-likeness (QED) is 0.331. The Bertz CT molecular complexity index is 926. The van der Waals surface area contributed by atoms with Gasteiger partial charge in [0.2, 0.25) is 10.0 Å². The van der Waals surface area contributed by atoms with Crippen LogP contribution >= 0.6 is 0 Å². The van der Waals surface area contributed by atoms with E-state index in [-0.39, 0.29) is 5.75 Å². The molecule has 0 fully saturated rings. The minimum atomic E-state index is -3.54. The van der Waals surface area contributed by atoms with Gasteiger partial charge in [0.15, 0.2) is 0 Å². The Hall–Kier alpha value is -3.08. The highest BCUT2D eigenvalue weighted by Crippen LogP contribution is 2.13. The Labute approximate surface area is 146 Å². The van der Waals surface area contributed by atoms with Gasteiger partial charge in [0, 0.05) is 17.3 Å². The van der Waals surface area contributed by atoms with Crippen molar-refractivity contribution in [3.63, 3.8) is 0 Å². The van der Waals surface area contributed by atoms with Gasteiger partial charge in [-0.25, -0.2) is 13.9 Å². The van der Waals surface area contributed by atoms with Crippen LogP contribution in [0.3, 0.4) is 0 Å². The molecule has 0 heterocycles. The van der Waals surface area contributed by atoms with Gasteiger partial charge < -0.3 is 0 Å². The fraction of sp³-hybridized carbons (Fsp3) is 0.0556. The van der Waals surface area contributed by atoms with E-state index >= 15 is 0 Å². The summed E-state index contributed by atoms with van der Waals surface area (Å²) in [6.45, 7) is 0. The summed E-state index contributed by atoms with van der Waals surface area (Å²) in [6.07, 6.45) is 2.36. The topological polar surface area (TPSA) is 95.5 Å². The molecule has 2 aromatic carbocycles. The van der Waals surface area contributed by atoms with Gasteiger partial charge in [-0.1, -0.05) is 42.2 Å². The molecule has 0 unspecified atom stereocenters. The monoisotopic (exact) mass is 356 g/mol. The second-order valence-corrected chi connectivity index (χ2v) is 6.73. The van der Waals surface area contributed by atoms with E-state index in [1.54, 1.807) is 54.6 Å². The van der Waals surface area contributed by atoms with Crippen molar-refractivity contribution >= 4 is 21.6 Å². The van der Waals surface area contributed by atoms with Gasteiger partial charge in [0.25, 0.3) is 5.91 Å². The number of allylic oxidation sites excluding steroid dienone is 1. The fourth-order valence-corrected chi connectivity index (χ4v) is 3.15. The van der Waals surface area contributed by atoms with Crippen molar-refractivity contribution in [3.8, 4) is 11.8 Å². The molecule has 1 amide bonds. The van der Waals surface area contributed by atoms with Gasteiger partial charge in [-0.05, 0) is 35.9 Å². The van der Waals surface area contributed by atoms with Crippen LogP contribution in [0.25, 0.3) is 0 Å². The molecular formula is C18H16N2O4S. The van der Waals surface area contributed by atoms with Gasteiger partial charge in [-0.15, -0.1) is 0 Å². The van der Waals surface area contributed by atoms with Crippen molar-refractivity contribution in [1.29, 1.82) is 0 Å². The van der Waals surface area contributed by atoms with E-state index in [0.717, 1.165) is 6.08 Å². The summed E-state index contributed by atoms with van der Waals surface area (Å²) in [6, 6.07) is 15.5. The van der Waals surface area contributed by atoms with Gasteiger partial charge in [0.1, 0.15) is 0 Å². The van der Waals surface area contributed by atoms with Crippen LogP contribution in [-0.4, -0.2) is 19.5 Å². The average molecular weight is 356 g/mol. The van der Waals surface area contributed by atoms with Crippen molar-refractivity contribution in [1.82, 2.24) is 5.48 Å². The van der Waals surface area contributed by atoms with Crippen molar-refractivity contribution in [2.45, 2.75) is 5.75 Å². The summed E-state index contributed by atoms with van der Waals surface area (Å²) in [5.41, 5.74) is 3.16. The Kier molecular flexibility index (Phi) is 6.34. The maximum Gasteiger partial charge on any atom is 0.267 e. The number of anilines is 1. The van der Waals surface area contributed by atoms with Crippen LogP contribution in [0.4, 0.5) is 5.69 Å². The number of benzene rings is 2. The molecule has 0 bridgehead atoms. The number of nitrogens with one attached hydrogen (secondary N) is 2. The Morgan fingerprint density at radius 1 is 1.12 bits per heavy atom. The fourth-order valence-electron chi connectivity index (χ4n) is 1.96. The maximum absolute atomic E-state index is 12.2. The number of hydrogen-bond acceptors (Lipinski definition) is 4. The molecule has 6 nitrogen and oxygen atoms in total. The molecule has 0 aliphatic heterocycles. The smallest absolute Gasteiger partial charge is 0.267 e. The van der Waals surface area contributed by atoms with Crippen molar-refractivity contribution < 1.29 is 18.4 Å².